The van der Waals surface area contributed by atoms with Crippen molar-refractivity contribution < 1.29 is 14.2 Å². The maximum Gasteiger partial charge on any atom is 0.191 e. The summed E-state index contributed by atoms with van der Waals surface area (Å²) in [6.07, 6.45) is 2.22. The van der Waals surface area contributed by atoms with Crippen LogP contribution in [0.25, 0.3) is 0 Å². The van der Waals surface area contributed by atoms with Crippen LogP contribution in [0, 0.1) is 0 Å². The van der Waals surface area contributed by atoms with Crippen molar-refractivity contribution >= 4 is 5.96 Å². The molecule has 6 nitrogen and oxygen atoms in total. The van der Waals surface area contributed by atoms with Crippen LogP contribution in [0.2, 0.25) is 0 Å². The van der Waals surface area contributed by atoms with Gasteiger partial charge in [0.2, 0.25) is 0 Å². The van der Waals surface area contributed by atoms with Gasteiger partial charge in [-0.3, -0.25) is 0 Å². The molecule has 1 heterocycles. The Morgan fingerprint density at radius 1 is 1.00 bits per heavy atom. The second-order valence-electron chi connectivity index (χ2n) is 7.63. The van der Waals surface area contributed by atoms with Crippen molar-refractivity contribution in [3.63, 3.8) is 0 Å². The number of hydrogen-bond donors (Lipinski definition) is 2. The van der Waals surface area contributed by atoms with Gasteiger partial charge in [-0.05, 0) is 36.5 Å². The van der Waals surface area contributed by atoms with Crippen LogP contribution < -0.4 is 10.6 Å². The van der Waals surface area contributed by atoms with E-state index in [-0.39, 0.29) is 6.10 Å². The lowest BCUT2D eigenvalue weighted by Crippen LogP contribution is -2.38. The summed E-state index contributed by atoms with van der Waals surface area (Å²) < 4.78 is 16.9. The number of nitrogens with one attached hydrogen (secondary N) is 2. The van der Waals surface area contributed by atoms with E-state index in [0.29, 0.717) is 19.8 Å². The predicted octanol–water partition coefficient (Wildman–Crippen LogP) is 3.65. The Balaban J connectivity index is 1.35. The average molecular weight is 426 g/mol. The summed E-state index contributed by atoms with van der Waals surface area (Å²) in [6.45, 7) is 7.91. The summed E-state index contributed by atoms with van der Waals surface area (Å²) >= 11 is 0. The van der Waals surface area contributed by atoms with Crippen LogP contribution >= 0.6 is 0 Å². The van der Waals surface area contributed by atoms with Gasteiger partial charge in [0.15, 0.2) is 5.96 Å². The van der Waals surface area contributed by atoms with Crippen LogP contribution in [-0.4, -0.2) is 45.0 Å². The van der Waals surface area contributed by atoms with E-state index in [0.717, 1.165) is 51.7 Å². The molecule has 31 heavy (non-hydrogen) atoms. The Morgan fingerprint density at radius 2 is 1.74 bits per heavy atom. The van der Waals surface area contributed by atoms with E-state index in [1.165, 1.54) is 16.7 Å². The van der Waals surface area contributed by atoms with Crippen molar-refractivity contribution in [1.29, 1.82) is 0 Å². The highest BCUT2D eigenvalue weighted by atomic mass is 16.5. The van der Waals surface area contributed by atoms with E-state index >= 15 is 0 Å². The number of ether oxygens (including phenoxy) is 3. The standard InChI is InChI=1S/C25H35N3O3/c1-2-26-25(27-14-6-15-31-24-13-16-29-20-24)28-17-21-9-11-23(12-10-21)19-30-18-22-7-4-3-5-8-22/h3-5,7-12,24H,2,6,13-20H2,1H3,(H2,26,27,28). The van der Waals surface area contributed by atoms with Crippen LogP contribution in [0.3, 0.4) is 0 Å². The molecule has 0 amide bonds. The summed E-state index contributed by atoms with van der Waals surface area (Å²) in [7, 11) is 0. The Morgan fingerprint density at radius 3 is 2.45 bits per heavy atom. The van der Waals surface area contributed by atoms with Gasteiger partial charge in [0, 0.05) is 26.3 Å². The number of benzene rings is 2. The number of nitrogens with zero attached hydrogens (tertiary/aromatic N) is 1. The van der Waals surface area contributed by atoms with Crippen LogP contribution in [0.5, 0.6) is 0 Å². The van der Waals surface area contributed by atoms with Crippen molar-refractivity contribution in [2.45, 2.75) is 45.6 Å². The molecule has 1 atom stereocenters. The third kappa shape index (κ3) is 9.09. The van der Waals surface area contributed by atoms with E-state index in [9.17, 15) is 0 Å². The summed E-state index contributed by atoms with van der Waals surface area (Å²) in [5.74, 6) is 0.835. The highest BCUT2D eigenvalue weighted by Gasteiger charge is 2.15. The summed E-state index contributed by atoms with van der Waals surface area (Å²) in [4.78, 5) is 4.69. The third-order valence-corrected chi connectivity index (χ3v) is 5.02. The zero-order chi connectivity index (χ0) is 21.6. The Hall–Kier alpha value is -2.41. The fraction of sp³-hybridized carbons (Fsp3) is 0.480. The topological polar surface area (TPSA) is 64.1 Å². The van der Waals surface area contributed by atoms with Crippen molar-refractivity contribution in [3.05, 3.63) is 71.3 Å². The maximum atomic E-state index is 5.81. The lowest BCUT2D eigenvalue weighted by molar-refractivity contribution is 0.0420. The van der Waals surface area contributed by atoms with E-state index in [1.807, 2.05) is 18.2 Å². The quantitative estimate of drug-likeness (QED) is 0.309. The number of hydrogen-bond acceptors (Lipinski definition) is 4. The molecule has 2 N–H and O–H groups in total. The summed E-state index contributed by atoms with van der Waals surface area (Å²) in [5.41, 5.74) is 3.53. The molecule has 6 heteroatoms. The number of aliphatic imine (C=N–C) groups is 1. The van der Waals surface area contributed by atoms with Gasteiger partial charge in [0.1, 0.15) is 0 Å². The first-order valence-corrected chi connectivity index (χ1v) is 11.2. The molecular formula is C25H35N3O3. The monoisotopic (exact) mass is 425 g/mol. The first-order valence-electron chi connectivity index (χ1n) is 11.2. The molecule has 1 aliphatic rings. The first-order chi connectivity index (χ1) is 15.3. The largest absolute Gasteiger partial charge is 0.379 e. The highest BCUT2D eigenvalue weighted by Crippen LogP contribution is 2.09. The molecule has 0 radical (unpaired) electrons. The first kappa shape index (κ1) is 23.3. The van der Waals surface area contributed by atoms with E-state index < -0.39 is 0 Å². The van der Waals surface area contributed by atoms with Crippen LogP contribution in [-0.2, 0) is 34.0 Å². The highest BCUT2D eigenvalue weighted by molar-refractivity contribution is 5.79. The van der Waals surface area contributed by atoms with Crippen LogP contribution in [0.15, 0.2) is 59.6 Å². The maximum absolute atomic E-state index is 5.81. The van der Waals surface area contributed by atoms with Gasteiger partial charge in [0.05, 0.1) is 32.5 Å². The molecule has 0 aliphatic carbocycles. The molecule has 1 fully saturated rings. The van der Waals surface area contributed by atoms with E-state index in [2.05, 4.69) is 54.0 Å². The summed E-state index contributed by atoms with van der Waals surface area (Å²) in [5, 5.41) is 6.68. The lowest BCUT2D eigenvalue weighted by Gasteiger charge is -2.13. The van der Waals surface area contributed by atoms with Gasteiger partial charge in [0.25, 0.3) is 0 Å². The van der Waals surface area contributed by atoms with E-state index in [1.54, 1.807) is 0 Å². The molecule has 3 rings (SSSR count). The minimum Gasteiger partial charge on any atom is -0.379 e. The molecular weight excluding hydrogens is 390 g/mol. The van der Waals surface area contributed by atoms with Crippen molar-refractivity contribution in [3.8, 4) is 0 Å². The fourth-order valence-corrected chi connectivity index (χ4v) is 3.29. The molecule has 0 spiro atoms. The molecule has 1 saturated heterocycles. The molecule has 2 aromatic carbocycles. The minimum absolute atomic E-state index is 0.272. The number of rotatable bonds is 12. The SMILES string of the molecule is CCNC(=NCc1ccc(COCc2ccccc2)cc1)NCCCOC1CCOC1. The zero-order valence-corrected chi connectivity index (χ0v) is 18.5. The second-order valence-corrected chi connectivity index (χ2v) is 7.63. The summed E-state index contributed by atoms with van der Waals surface area (Å²) in [6, 6.07) is 18.7. The molecule has 0 aromatic heterocycles. The van der Waals surface area contributed by atoms with Gasteiger partial charge < -0.3 is 24.8 Å². The minimum atomic E-state index is 0.272. The van der Waals surface area contributed by atoms with Crippen molar-refractivity contribution in [2.75, 3.05) is 32.9 Å². The van der Waals surface area contributed by atoms with E-state index in [4.69, 9.17) is 19.2 Å². The zero-order valence-electron chi connectivity index (χ0n) is 18.5. The van der Waals surface area contributed by atoms with Crippen molar-refractivity contribution in [1.82, 2.24) is 10.6 Å². The van der Waals surface area contributed by atoms with Gasteiger partial charge in [-0.1, -0.05) is 54.6 Å². The van der Waals surface area contributed by atoms with Gasteiger partial charge >= 0.3 is 0 Å². The fourth-order valence-electron chi connectivity index (χ4n) is 3.29. The van der Waals surface area contributed by atoms with Crippen LogP contribution in [0.1, 0.15) is 36.5 Å². The Bertz CT molecular complexity index is 759. The molecule has 168 valence electrons. The molecule has 1 unspecified atom stereocenters. The Kier molecular flexibility index (Phi) is 10.4. The van der Waals surface area contributed by atoms with Gasteiger partial charge in [-0.15, -0.1) is 0 Å². The predicted molar refractivity (Wildman–Crippen MR) is 124 cm³/mol. The van der Waals surface area contributed by atoms with Crippen LogP contribution in [0.4, 0.5) is 0 Å². The van der Waals surface area contributed by atoms with Crippen molar-refractivity contribution in [2.24, 2.45) is 4.99 Å². The normalized spacial score (nSPS) is 16.4. The number of guanidine groups is 1. The lowest BCUT2D eigenvalue weighted by atomic mass is 10.1. The molecule has 1 aliphatic heterocycles. The van der Waals surface area contributed by atoms with Gasteiger partial charge in [-0.25, -0.2) is 4.99 Å². The second kappa shape index (κ2) is 13.8. The molecule has 2 aromatic rings. The van der Waals surface area contributed by atoms with Gasteiger partial charge in [-0.2, -0.15) is 0 Å². The third-order valence-electron chi connectivity index (χ3n) is 5.02. The molecule has 0 saturated carbocycles. The molecule has 0 bridgehead atoms. The smallest absolute Gasteiger partial charge is 0.191 e. The Labute approximate surface area is 186 Å². The average Bonchev–Trinajstić information content (AvgIpc) is 3.32.